The van der Waals surface area contributed by atoms with Crippen LogP contribution in [0.25, 0.3) is 22.2 Å². The zero-order valence-corrected chi connectivity index (χ0v) is 21.9. The molecule has 2 aromatic carbocycles. The van der Waals surface area contributed by atoms with Crippen LogP contribution in [0.4, 0.5) is 0 Å². The van der Waals surface area contributed by atoms with Gasteiger partial charge in [0.15, 0.2) is 11.5 Å². The van der Waals surface area contributed by atoms with E-state index < -0.39 is 0 Å². The summed E-state index contributed by atoms with van der Waals surface area (Å²) in [6.07, 6.45) is 7.52. The van der Waals surface area contributed by atoms with Crippen molar-refractivity contribution in [1.82, 2.24) is 14.8 Å². The fourth-order valence-electron chi connectivity index (χ4n) is 6.24. The first-order valence-corrected chi connectivity index (χ1v) is 13.4. The Kier molecular flexibility index (Phi) is 7.35. The van der Waals surface area contributed by atoms with Crippen molar-refractivity contribution in [3.05, 3.63) is 47.5 Å². The number of aromatic nitrogens is 1. The van der Waals surface area contributed by atoms with Crippen molar-refractivity contribution in [2.75, 3.05) is 47.4 Å². The van der Waals surface area contributed by atoms with E-state index in [4.69, 9.17) is 9.47 Å². The molecule has 0 unspecified atom stereocenters. The summed E-state index contributed by atoms with van der Waals surface area (Å²) < 4.78 is 11.0. The predicted molar refractivity (Wildman–Crippen MR) is 145 cm³/mol. The van der Waals surface area contributed by atoms with Crippen LogP contribution in [0, 0.1) is 5.92 Å². The molecule has 5 nitrogen and oxygen atoms in total. The molecular formula is C30H41N3O2. The second-order valence-electron chi connectivity index (χ2n) is 10.5. The summed E-state index contributed by atoms with van der Waals surface area (Å²) in [5.41, 5.74) is 6.40. The lowest BCUT2D eigenvalue weighted by molar-refractivity contribution is 0.0855. The topological polar surface area (TPSA) is 40.7 Å². The molecule has 0 bridgehead atoms. The summed E-state index contributed by atoms with van der Waals surface area (Å²) in [6.45, 7) is 7.31. The summed E-state index contributed by atoms with van der Waals surface area (Å²) in [5.74, 6) is 2.32. The maximum atomic E-state index is 5.56. The van der Waals surface area contributed by atoms with Gasteiger partial charge in [-0.3, -0.25) is 0 Å². The second kappa shape index (κ2) is 10.6. The molecular weight excluding hydrogens is 434 g/mol. The molecule has 5 heteroatoms. The molecule has 1 N–H and O–H groups in total. The number of nitrogens with zero attached hydrogens (tertiary/aromatic N) is 2. The van der Waals surface area contributed by atoms with E-state index >= 15 is 0 Å². The minimum Gasteiger partial charge on any atom is -0.493 e. The van der Waals surface area contributed by atoms with E-state index in [1.54, 1.807) is 14.2 Å². The van der Waals surface area contributed by atoms with Crippen molar-refractivity contribution < 1.29 is 9.47 Å². The highest BCUT2D eigenvalue weighted by Gasteiger charge is 2.27. The fourth-order valence-corrected chi connectivity index (χ4v) is 6.24. The van der Waals surface area contributed by atoms with Crippen molar-refractivity contribution in [3.8, 4) is 22.8 Å². The summed E-state index contributed by atoms with van der Waals surface area (Å²) in [6, 6.07) is 14.0. The van der Waals surface area contributed by atoms with Gasteiger partial charge < -0.3 is 24.3 Å². The van der Waals surface area contributed by atoms with Gasteiger partial charge >= 0.3 is 0 Å². The highest BCUT2D eigenvalue weighted by atomic mass is 16.5. The van der Waals surface area contributed by atoms with Crippen LogP contribution in [0.2, 0.25) is 0 Å². The SMILES string of the molecule is CCc1c(-c2ccc(OC)c(OC)c2)[nH]c2ccc(CC3CCN(C4CCN(C)CC4)CC3)cc12. The molecule has 0 amide bonds. The highest BCUT2D eigenvalue weighted by molar-refractivity contribution is 5.91. The molecule has 2 aliphatic heterocycles. The first-order valence-electron chi connectivity index (χ1n) is 13.4. The molecule has 3 heterocycles. The van der Waals surface area contributed by atoms with E-state index in [-0.39, 0.29) is 0 Å². The number of rotatable bonds is 7. The molecule has 0 saturated carbocycles. The van der Waals surface area contributed by atoms with E-state index in [1.807, 2.05) is 6.07 Å². The van der Waals surface area contributed by atoms with Crippen LogP contribution in [-0.4, -0.2) is 68.3 Å². The van der Waals surface area contributed by atoms with Gasteiger partial charge in [0.2, 0.25) is 0 Å². The smallest absolute Gasteiger partial charge is 0.161 e. The number of nitrogens with one attached hydrogen (secondary N) is 1. The molecule has 0 spiro atoms. The Labute approximate surface area is 210 Å². The van der Waals surface area contributed by atoms with Crippen LogP contribution in [0.1, 0.15) is 43.7 Å². The predicted octanol–water partition coefficient (Wildman–Crippen LogP) is 5.76. The van der Waals surface area contributed by atoms with Crippen LogP contribution in [0.5, 0.6) is 11.5 Å². The lowest BCUT2D eigenvalue weighted by Gasteiger charge is -2.41. The average molecular weight is 476 g/mol. The van der Waals surface area contributed by atoms with Gasteiger partial charge in [-0.05, 0) is 119 Å². The third-order valence-electron chi connectivity index (χ3n) is 8.37. The Hall–Kier alpha value is -2.50. The van der Waals surface area contributed by atoms with E-state index in [1.165, 1.54) is 86.0 Å². The number of benzene rings is 2. The van der Waals surface area contributed by atoms with Crippen molar-refractivity contribution in [2.24, 2.45) is 5.92 Å². The number of methoxy groups -OCH3 is 2. The molecule has 2 saturated heterocycles. The number of H-pyrrole nitrogens is 1. The molecule has 0 atom stereocenters. The standard InChI is InChI=1S/C30H41N3O2/c1-5-25-26-19-22(18-21-10-16-33(17-11-21)24-12-14-32(2)15-13-24)6-8-27(26)31-30(25)23-7-9-28(34-3)29(20-23)35-4/h6-9,19-21,24,31H,5,10-18H2,1-4H3. The Morgan fingerprint density at radius 3 is 2.31 bits per heavy atom. The summed E-state index contributed by atoms with van der Waals surface area (Å²) in [5, 5.41) is 1.36. The molecule has 3 aromatic rings. The van der Waals surface area contributed by atoms with E-state index in [9.17, 15) is 0 Å². The third kappa shape index (κ3) is 5.07. The maximum Gasteiger partial charge on any atom is 0.161 e. The monoisotopic (exact) mass is 475 g/mol. The van der Waals surface area contributed by atoms with Gasteiger partial charge in [-0.25, -0.2) is 0 Å². The van der Waals surface area contributed by atoms with E-state index in [2.05, 4.69) is 59.1 Å². The largest absolute Gasteiger partial charge is 0.493 e. The van der Waals surface area contributed by atoms with Gasteiger partial charge in [0, 0.05) is 28.2 Å². The second-order valence-corrected chi connectivity index (χ2v) is 10.5. The minimum absolute atomic E-state index is 0.759. The van der Waals surface area contributed by atoms with Gasteiger partial charge in [0.1, 0.15) is 0 Å². The quantitative estimate of drug-likeness (QED) is 0.471. The normalized spacial score (nSPS) is 18.9. The van der Waals surface area contributed by atoms with Crippen molar-refractivity contribution >= 4 is 10.9 Å². The van der Waals surface area contributed by atoms with Gasteiger partial charge in [0.05, 0.1) is 14.2 Å². The van der Waals surface area contributed by atoms with E-state index in [0.29, 0.717) is 0 Å². The lowest BCUT2D eigenvalue weighted by Crippen LogP contribution is -2.47. The Balaban J connectivity index is 1.30. The minimum atomic E-state index is 0.759. The maximum absolute atomic E-state index is 5.56. The van der Waals surface area contributed by atoms with Crippen molar-refractivity contribution in [2.45, 2.75) is 51.5 Å². The highest BCUT2D eigenvalue weighted by Crippen LogP contribution is 2.37. The number of piperidine rings is 2. The molecule has 1 aromatic heterocycles. The number of aryl methyl sites for hydroxylation is 1. The van der Waals surface area contributed by atoms with Gasteiger partial charge in [-0.15, -0.1) is 0 Å². The number of hydrogen-bond acceptors (Lipinski definition) is 4. The molecule has 0 aliphatic carbocycles. The molecule has 188 valence electrons. The number of hydrogen-bond donors (Lipinski definition) is 1. The van der Waals surface area contributed by atoms with Gasteiger partial charge in [0.25, 0.3) is 0 Å². The number of aromatic amines is 1. The van der Waals surface area contributed by atoms with E-state index in [0.717, 1.165) is 35.4 Å². The first-order chi connectivity index (χ1) is 17.1. The summed E-state index contributed by atoms with van der Waals surface area (Å²) >= 11 is 0. The van der Waals surface area contributed by atoms with Crippen molar-refractivity contribution in [1.29, 1.82) is 0 Å². The van der Waals surface area contributed by atoms with Crippen LogP contribution < -0.4 is 9.47 Å². The Bertz CT molecular complexity index is 1140. The Morgan fingerprint density at radius 2 is 1.63 bits per heavy atom. The molecule has 2 fully saturated rings. The van der Waals surface area contributed by atoms with Gasteiger partial charge in [-0.2, -0.15) is 0 Å². The zero-order chi connectivity index (χ0) is 24.4. The van der Waals surface area contributed by atoms with Crippen LogP contribution in [-0.2, 0) is 12.8 Å². The number of likely N-dealkylation sites (tertiary alicyclic amines) is 2. The first kappa shape index (κ1) is 24.2. The molecule has 35 heavy (non-hydrogen) atoms. The summed E-state index contributed by atoms with van der Waals surface area (Å²) in [7, 11) is 5.63. The lowest BCUT2D eigenvalue weighted by atomic mass is 9.88. The third-order valence-corrected chi connectivity index (χ3v) is 8.37. The van der Waals surface area contributed by atoms with Gasteiger partial charge in [-0.1, -0.05) is 13.0 Å². The van der Waals surface area contributed by atoms with Crippen LogP contribution in [0.15, 0.2) is 36.4 Å². The zero-order valence-electron chi connectivity index (χ0n) is 21.9. The van der Waals surface area contributed by atoms with Crippen LogP contribution in [0.3, 0.4) is 0 Å². The Morgan fingerprint density at radius 1 is 0.886 bits per heavy atom. The molecule has 5 rings (SSSR count). The molecule has 2 aliphatic rings. The van der Waals surface area contributed by atoms with Crippen LogP contribution >= 0.6 is 0 Å². The number of ether oxygens (including phenoxy) is 2. The molecule has 0 radical (unpaired) electrons. The average Bonchev–Trinajstić information content (AvgIpc) is 3.27. The summed E-state index contributed by atoms with van der Waals surface area (Å²) in [4.78, 5) is 8.94. The fraction of sp³-hybridized carbons (Fsp3) is 0.533. The van der Waals surface area contributed by atoms with Crippen molar-refractivity contribution in [3.63, 3.8) is 0 Å². The number of fused-ring (bicyclic) bond motifs is 1.